The molecule has 3 rings (SSSR count). The Morgan fingerprint density at radius 1 is 1.43 bits per heavy atom. The number of carbonyl (C=O) groups is 1. The van der Waals surface area contributed by atoms with E-state index in [0.717, 1.165) is 36.6 Å². The quantitative estimate of drug-likeness (QED) is 0.754. The van der Waals surface area contributed by atoms with Crippen LogP contribution in [0, 0.1) is 0 Å². The van der Waals surface area contributed by atoms with Crippen LogP contribution in [0.5, 0.6) is 0 Å². The van der Waals surface area contributed by atoms with E-state index in [-0.39, 0.29) is 5.91 Å². The molecule has 0 aliphatic carbocycles. The highest BCUT2D eigenvalue weighted by Gasteiger charge is 2.24. The minimum absolute atomic E-state index is 0.0955. The maximum atomic E-state index is 12.5. The van der Waals surface area contributed by atoms with Gasteiger partial charge >= 0.3 is 0 Å². The number of nitrogens with zero attached hydrogens (tertiary/aromatic N) is 4. The van der Waals surface area contributed by atoms with E-state index in [1.807, 2.05) is 42.1 Å². The Kier molecular flexibility index (Phi) is 5.09. The molecule has 2 aromatic heterocycles. The Morgan fingerprint density at radius 2 is 2.30 bits per heavy atom. The first-order valence-corrected chi connectivity index (χ1v) is 8.66. The minimum Gasteiger partial charge on any atom is -0.374 e. The lowest BCUT2D eigenvalue weighted by Gasteiger charge is -2.28. The minimum atomic E-state index is 0.0955. The van der Waals surface area contributed by atoms with Crippen molar-refractivity contribution in [3.05, 3.63) is 40.1 Å². The zero-order chi connectivity index (χ0) is 16.2. The number of imidazole rings is 1. The maximum Gasteiger partial charge on any atom is 0.255 e. The summed E-state index contributed by atoms with van der Waals surface area (Å²) in [5.74, 6) is 0.0955. The highest BCUT2D eigenvalue weighted by molar-refractivity contribution is 7.08. The van der Waals surface area contributed by atoms with E-state index in [4.69, 9.17) is 4.74 Å². The Bertz CT molecular complexity index is 651. The molecule has 3 heterocycles. The third kappa shape index (κ3) is 3.80. The van der Waals surface area contributed by atoms with Crippen molar-refractivity contribution < 1.29 is 9.53 Å². The van der Waals surface area contributed by atoms with E-state index in [0.29, 0.717) is 19.8 Å². The second-order valence-electron chi connectivity index (χ2n) is 5.93. The second kappa shape index (κ2) is 7.25. The second-order valence-corrected chi connectivity index (χ2v) is 6.71. The molecule has 0 spiro atoms. The molecule has 1 aliphatic rings. The molecule has 0 bridgehead atoms. The number of thiophene rings is 1. The molecule has 0 saturated carbocycles. The number of amides is 1. The van der Waals surface area contributed by atoms with E-state index < -0.39 is 0 Å². The number of aromatic nitrogens is 2. The average Bonchev–Trinajstić information content (AvgIpc) is 3.20. The molecule has 7 heteroatoms. The Balaban J connectivity index is 1.63. The van der Waals surface area contributed by atoms with Crippen molar-refractivity contribution in [1.29, 1.82) is 0 Å². The highest BCUT2D eigenvalue weighted by Crippen LogP contribution is 2.19. The van der Waals surface area contributed by atoms with Crippen LogP contribution in [0.25, 0.3) is 0 Å². The average molecular weight is 334 g/mol. The summed E-state index contributed by atoms with van der Waals surface area (Å²) in [6.07, 6.45) is 1.85. The Labute approximate surface area is 140 Å². The predicted octanol–water partition coefficient (Wildman–Crippen LogP) is 1.68. The van der Waals surface area contributed by atoms with E-state index >= 15 is 0 Å². The predicted molar refractivity (Wildman–Crippen MR) is 89.5 cm³/mol. The van der Waals surface area contributed by atoms with Gasteiger partial charge in [0.2, 0.25) is 0 Å². The number of carbonyl (C=O) groups excluding carboxylic acids is 1. The first-order valence-electron chi connectivity index (χ1n) is 7.72. The number of likely N-dealkylation sites (N-methyl/N-ethyl adjacent to an activating group) is 1. The number of hydrogen-bond acceptors (Lipinski definition) is 5. The first kappa shape index (κ1) is 16.2. The lowest BCUT2D eigenvalue weighted by molar-refractivity contribution is 0.0704. The largest absolute Gasteiger partial charge is 0.374 e. The van der Waals surface area contributed by atoms with E-state index in [1.165, 1.54) is 0 Å². The van der Waals surface area contributed by atoms with Gasteiger partial charge in [0.15, 0.2) is 0 Å². The summed E-state index contributed by atoms with van der Waals surface area (Å²) in [6, 6.07) is 1.88. The van der Waals surface area contributed by atoms with E-state index in [2.05, 4.69) is 14.5 Å². The zero-order valence-electron chi connectivity index (χ0n) is 13.6. The number of rotatable bonds is 6. The van der Waals surface area contributed by atoms with Gasteiger partial charge in [0, 0.05) is 25.0 Å². The normalized spacial score (nSPS) is 14.3. The van der Waals surface area contributed by atoms with Gasteiger partial charge in [-0.3, -0.25) is 4.79 Å². The summed E-state index contributed by atoms with van der Waals surface area (Å²) in [5.41, 5.74) is 2.79. The van der Waals surface area contributed by atoms with Crippen LogP contribution >= 0.6 is 11.3 Å². The molecule has 0 unspecified atom stereocenters. The smallest absolute Gasteiger partial charge is 0.255 e. The van der Waals surface area contributed by atoms with Gasteiger partial charge in [-0.2, -0.15) is 11.3 Å². The van der Waals surface area contributed by atoms with Gasteiger partial charge in [0.25, 0.3) is 5.91 Å². The van der Waals surface area contributed by atoms with Crippen LogP contribution < -0.4 is 0 Å². The van der Waals surface area contributed by atoms with Crippen molar-refractivity contribution in [2.45, 2.75) is 19.7 Å². The van der Waals surface area contributed by atoms with E-state index in [1.54, 1.807) is 11.3 Å². The van der Waals surface area contributed by atoms with Gasteiger partial charge in [-0.15, -0.1) is 0 Å². The van der Waals surface area contributed by atoms with Crippen LogP contribution in [0.2, 0.25) is 0 Å². The zero-order valence-corrected chi connectivity index (χ0v) is 14.4. The summed E-state index contributed by atoms with van der Waals surface area (Å²) in [4.78, 5) is 20.9. The molecule has 0 radical (unpaired) electrons. The molecular formula is C16H22N4O2S. The highest BCUT2D eigenvalue weighted by atomic mass is 32.1. The van der Waals surface area contributed by atoms with Crippen LogP contribution in [0.1, 0.15) is 21.7 Å². The molecule has 0 aromatic carbocycles. The fraction of sp³-hybridized carbons (Fsp3) is 0.500. The van der Waals surface area contributed by atoms with Gasteiger partial charge in [0.05, 0.1) is 43.0 Å². The summed E-state index contributed by atoms with van der Waals surface area (Å²) in [7, 11) is 4.05. The van der Waals surface area contributed by atoms with Crippen molar-refractivity contribution in [2.75, 3.05) is 33.8 Å². The van der Waals surface area contributed by atoms with Crippen LogP contribution in [-0.2, 0) is 24.4 Å². The van der Waals surface area contributed by atoms with Gasteiger partial charge in [-0.25, -0.2) is 4.98 Å². The first-order chi connectivity index (χ1) is 11.1. The van der Waals surface area contributed by atoms with Gasteiger partial charge in [-0.05, 0) is 25.5 Å². The standard InChI is InChI=1S/C16H22N4O2S/c1-18(2)6-7-22-10-14-15-9-19(4-5-20(15)12-17-14)16(21)13-3-8-23-11-13/h3,8,11-12H,4-7,9-10H2,1-2H3. The van der Waals surface area contributed by atoms with Crippen LogP contribution in [-0.4, -0.2) is 59.0 Å². The molecule has 0 N–H and O–H groups in total. The maximum absolute atomic E-state index is 12.5. The van der Waals surface area contributed by atoms with Crippen LogP contribution in [0.4, 0.5) is 0 Å². The van der Waals surface area contributed by atoms with E-state index in [9.17, 15) is 4.79 Å². The lowest BCUT2D eigenvalue weighted by atomic mass is 10.2. The molecule has 0 atom stereocenters. The molecule has 2 aromatic rings. The molecule has 0 saturated heterocycles. The fourth-order valence-corrected chi connectivity index (χ4v) is 3.22. The molecule has 1 aliphatic heterocycles. The number of fused-ring (bicyclic) bond motifs is 1. The summed E-state index contributed by atoms with van der Waals surface area (Å²) in [5, 5.41) is 3.84. The number of ether oxygens (including phenoxy) is 1. The topological polar surface area (TPSA) is 50.6 Å². The van der Waals surface area contributed by atoms with Crippen molar-refractivity contribution in [3.63, 3.8) is 0 Å². The molecule has 23 heavy (non-hydrogen) atoms. The third-order valence-electron chi connectivity index (χ3n) is 3.96. The Hall–Kier alpha value is -1.70. The Morgan fingerprint density at radius 3 is 3.04 bits per heavy atom. The van der Waals surface area contributed by atoms with Crippen molar-refractivity contribution in [3.8, 4) is 0 Å². The van der Waals surface area contributed by atoms with Crippen molar-refractivity contribution in [2.24, 2.45) is 0 Å². The fourth-order valence-electron chi connectivity index (χ4n) is 2.59. The molecule has 1 amide bonds. The molecule has 6 nitrogen and oxygen atoms in total. The summed E-state index contributed by atoms with van der Waals surface area (Å²) >= 11 is 1.55. The van der Waals surface area contributed by atoms with Crippen molar-refractivity contribution >= 4 is 17.2 Å². The molecular weight excluding hydrogens is 312 g/mol. The summed E-state index contributed by atoms with van der Waals surface area (Å²) < 4.78 is 7.83. The summed E-state index contributed by atoms with van der Waals surface area (Å²) in [6.45, 7) is 4.17. The third-order valence-corrected chi connectivity index (χ3v) is 4.64. The molecule has 0 fully saturated rings. The van der Waals surface area contributed by atoms with Gasteiger partial charge in [0.1, 0.15) is 0 Å². The van der Waals surface area contributed by atoms with Crippen LogP contribution in [0.15, 0.2) is 23.2 Å². The van der Waals surface area contributed by atoms with Gasteiger partial charge < -0.3 is 19.1 Å². The lowest BCUT2D eigenvalue weighted by Crippen LogP contribution is -2.38. The monoisotopic (exact) mass is 334 g/mol. The van der Waals surface area contributed by atoms with Gasteiger partial charge in [-0.1, -0.05) is 0 Å². The number of hydrogen-bond donors (Lipinski definition) is 0. The SMILES string of the molecule is CN(C)CCOCc1ncn2c1CN(C(=O)c1ccsc1)CC2. The van der Waals surface area contributed by atoms with Crippen molar-refractivity contribution in [1.82, 2.24) is 19.4 Å². The van der Waals surface area contributed by atoms with Crippen LogP contribution in [0.3, 0.4) is 0 Å². The molecule has 124 valence electrons.